The van der Waals surface area contributed by atoms with Gasteiger partial charge in [-0.15, -0.1) is 0 Å². The molecule has 1 aromatic heterocycles. The lowest BCUT2D eigenvalue weighted by Crippen LogP contribution is -1.95. The van der Waals surface area contributed by atoms with Crippen molar-refractivity contribution in [2.45, 2.75) is 6.92 Å². The molecule has 0 bridgehead atoms. The van der Waals surface area contributed by atoms with Gasteiger partial charge in [0.15, 0.2) is 5.82 Å². The standard InChI is InChI=1S/C13H10Cl3N3/c1-8-2-4-9(5-3-8)7-17-19-13-11(15)6-10(14)12(16)18-13/h2-7H,1H3,(H,18,19)/b17-7-. The summed E-state index contributed by atoms with van der Waals surface area (Å²) < 4.78 is 0. The first kappa shape index (κ1) is 14.1. The van der Waals surface area contributed by atoms with Gasteiger partial charge in [-0.2, -0.15) is 5.10 Å². The summed E-state index contributed by atoms with van der Waals surface area (Å²) in [7, 11) is 0. The highest BCUT2D eigenvalue weighted by Gasteiger charge is 2.06. The van der Waals surface area contributed by atoms with Crippen molar-refractivity contribution < 1.29 is 0 Å². The maximum Gasteiger partial charge on any atom is 0.166 e. The minimum atomic E-state index is 0.180. The molecule has 0 aliphatic carbocycles. The van der Waals surface area contributed by atoms with Crippen molar-refractivity contribution >= 4 is 46.8 Å². The zero-order valence-electron chi connectivity index (χ0n) is 9.99. The van der Waals surface area contributed by atoms with Gasteiger partial charge in [-0.1, -0.05) is 64.6 Å². The number of anilines is 1. The van der Waals surface area contributed by atoms with Gasteiger partial charge in [0.25, 0.3) is 0 Å². The molecule has 0 fully saturated rings. The Labute approximate surface area is 126 Å². The summed E-state index contributed by atoms with van der Waals surface area (Å²) >= 11 is 17.6. The van der Waals surface area contributed by atoms with Crippen LogP contribution in [0.3, 0.4) is 0 Å². The van der Waals surface area contributed by atoms with Crippen molar-refractivity contribution in [1.29, 1.82) is 0 Å². The highest BCUT2D eigenvalue weighted by Crippen LogP contribution is 2.28. The Morgan fingerprint density at radius 3 is 2.47 bits per heavy atom. The Hall–Kier alpha value is -1.29. The number of nitrogens with zero attached hydrogens (tertiary/aromatic N) is 2. The van der Waals surface area contributed by atoms with Crippen LogP contribution in [0, 0.1) is 6.92 Å². The fourth-order valence-electron chi connectivity index (χ4n) is 1.34. The van der Waals surface area contributed by atoms with Crippen LogP contribution in [0.1, 0.15) is 11.1 Å². The molecule has 0 saturated carbocycles. The van der Waals surface area contributed by atoms with Gasteiger partial charge < -0.3 is 0 Å². The van der Waals surface area contributed by atoms with Crippen molar-refractivity contribution in [3.63, 3.8) is 0 Å². The molecule has 1 N–H and O–H groups in total. The smallest absolute Gasteiger partial charge is 0.166 e. The molecule has 2 aromatic rings. The fraction of sp³-hybridized carbons (Fsp3) is 0.0769. The average molecular weight is 315 g/mol. The second kappa shape index (κ2) is 6.24. The minimum absolute atomic E-state index is 0.180. The molecule has 1 heterocycles. The normalized spacial score (nSPS) is 10.9. The molecule has 0 unspecified atom stereocenters. The minimum Gasteiger partial charge on any atom is -0.260 e. The van der Waals surface area contributed by atoms with E-state index in [0.717, 1.165) is 5.56 Å². The van der Waals surface area contributed by atoms with Crippen molar-refractivity contribution in [2.75, 3.05) is 5.43 Å². The summed E-state index contributed by atoms with van der Waals surface area (Å²) in [4.78, 5) is 3.99. The second-order valence-electron chi connectivity index (χ2n) is 3.87. The zero-order valence-corrected chi connectivity index (χ0v) is 12.3. The van der Waals surface area contributed by atoms with E-state index in [4.69, 9.17) is 34.8 Å². The van der Waals surface area contributed by atoms with Crippen LogP contribution in [0.5, 0.6) is 0 Å². The molecular weight excluding hydrogens is 305 g/mol. The number of hydrazone groups is 1. The van der Waals surface area contributed by atoms with Crippen molar-refractivity contribution in [2.24, 2.45) is 5.10 Å². The Kier molecular flexibility index (Phi) is 4.64. The SMILES string of the molecule is Cc1ccc(/C=N\Nc2nc(Cl)c(Cl)cc2Cl)cc1. The number of rotatable bonds is 3. The highest BCUT2D eigenvalue weighted by molar-refractivity contribution is 6.42. The Morgan fingerprint density at radius 1 is 1.11 bits per heavy atom. The first-order valence-corrected chi connectivity index (χ1v) is 6.57. The lowest BCUT2D eigenvalue weighted by atomic mass is 10.2. The molecule has 0 atom stereocenters. The Balaban J connectivity index is 2.10. The van der Waals surface area contributed by atoms with Gasteiger partial charge in [-0.3, -0.25) is 5.43 Å². The Bertz CT molecular complexity index is 609. The van der Waals surface area contributed by atoms with Gasteiger partial charge in [0.05, 0.1) is 16.3 Å². The number of halogens is 3. The largest absolute Gasteiger partial charge is 0.260 e. The molecule has 19 heavy (non-hydrogen) atoms. The van der Waals surface area contributed by atoms with Crippen molar-refractivity contribution in [1.82, 2.24) is 4.98 Å². The first-order valence-electron chi connectivity index (χ1n) is 5.43. The predicted octanol–water partition coefficient (Wildman–Crippen LogP) is 4.80. The van der Waals surface area contributed by atoms with Gasteiger partial charge in [0, 0.05) is 0 Å². The third kappa shape index (κ3) is 3.83. The molecule has 3 nitrogen and oxygen atoms in total. The second-order valence-corrected chi connectivity index (χ2v) is 5.04. The van der Waals surface area contributed by atoms with Gasteiger partial charge in [-0.05, 0) is 18.6 Å². The molecule has 0 aliphatic heterocycles. The third-order valence-corrected chi connectivity index (χ3v) is 3.31. The summed E-state index contributed by atoms with van der Waals surface area (Å²) in [6, 6.07) is 9.45. The number of aryl methyl sites for hydroxylation is 1. The van der Waals surface area contributed by atoms with E-state index in [1.165, 1.54) is 11.6 Å². The van der Waals surface area contributed by atoms with E-state index in [1.54, 1.807) is 6.21 Å². The topological polar surface area (TPSA) is 37.3 Å². The summed E-state index contributed by atoms with van der Waals surface area (Å²) in [5, 5.41) is 4.89. The van der Waals surface area contributed by atoms with Crippen LogP contribution in [0.2, 0.25) is 15.2 Å². The van der Waals surface area contributed by atoms with Gasteiger partial charge >= 0.3 is 0 Å². The number of pyridine rings is 1. The molecule has 6 heteroatoms. The third-order valence-electron chi connectivity index (χ3n) is 2.35. The zero-order chi connectivity index (χ0) is 13.8. The van der Waals surface area contributed by atoms with Crippen LogP contribution >= 0.6 is 34.8 Å². The van der Waals surface area contributed by atoms with Gasteiger partial charge in [-0.25, -0.2) is 4.98 Å². The first-order chi connectivity index (χ1) is 9.06. The maximum atomic E-state index is 5.96. The number of aromatic nitrogens is 1. The molecule has 2 rings (SSSR count). The number of nitrogens with one attached hydrogen (secondary N) is 1. The number of hydrogen-bond donors (Lipinski definition) is 1. The predicted molar refractivity (Wildman–Crippen MR) is 81.7 cm³/mol. The quantitative estimate of drug-likeness (QED) is 0.502. The maximum absolute atomic E-state index is 5.96. The monoisotopic (exact) mass is 313 g/mol. The van der Waals surface area contributed by atoms with Crippen LogP contribution in [0.15, 0.2) is 35.4 Å². The van der Waals surface area contributed by atoms with Gasteiger partial charge in [0.2, 0.25) is 0 Å². The van der Waals surface area contributed by atoms with Crippen LogP contribution in [-0.2, 0) is 0 Å². The van der Waals surface area contributed by atoms with E-state index in [1.807, 2.05) is 31.2 Å². The fourth-order valence-corrected chi connectivity index (χ4v) is 1.88. The van der Waals surface area contributed by atoms with Crippen molar-refractivity contribution in [3.8, 4) is 0 Å². The van der Waals surface area contributed by atoms with E-state index in [0.29, 0.717) is 15.9 Å². The number of hydrogen-bond acceptors (Lipinski definition) is 3. The highest BCUT2D eigenvalue weighted by atomic mass is 35.5. The Morgan fingerprint density at radius 2 is 1.79 bits per heavy atom. The average Bonchev–Trinajstić information content (AvgIpc) is 2.38. The van der Waals surface area contributed by atoms with E-state index >= 15 is 0 Å². The van der Waals surface area contributed by atoms with Crippen LogP contribution in [0.25, 0.3) is 0 Å². The molecule has 0 aliphatic rings. The number of benzene rings is 1. The molecule has 0 spiro atoms. The van der Waals surface area contributed by atoms with E-state index in [-0.39, 0.29) is 5.15 Å². The van der Waals surface area contributed by atoms with E-state index in [2.05, 4.69) is 15.5 Å². The molecule has 0 saturated heterocycles. The van der Waals surface area contributed by atoms with Crippen LogP contribution < -0.4 is 5.43 Å². The lowest BCUT2D eigenvalue weighted by Gasteiger charge is -2.04. The molecule has 0 amide bonds. The van der Waals surface area contributed by atoms with E-state index in [9.17, 15) is 0 Å². The van der Waals surface area contributed by atoms with Gasteiger partial charge in [0.1, 0.15) is 5.15 Å². The molecule has 0 radical (unpaired) electrons. The van der Waals surface area contributed by atoms with E-state index < -0.39 is 0 Å². The summed E-state index contributed by atoms with van der Waals surface area (Å²) in [5.41, 5.74) is 4.89. The molecule has 1 aromatic carbocycles. The van der Waals surface area contributed by atoms with Crippen molar-refractivity contribution in [3.05, 3.63) is 56.7 Å². The summed E-state index contributed by atoms with van der Waals surface area (Å²) in [6.45, 7) is 2.03. The lowest BCUT2D eigenvalue weighted by molar-refractivity contribution is 1.23. The van der Waals surface area contributed by atoms with Crippen LogP contribution in [0.4, 0.5) is 5.82 Å². The van der Waals surface area contributed by atoms with Crippen LogP contribution in [-0.4, -0.2) is 11.2 Å². The summed E-state index contributed by atoms with van der Waals surface area (Å²) in [5.74, 6) is 0.361. The molecular formula is C13H10Cl3N3. The summed E-state index contributed by atoms with van der Waals surface area (Å²) in [6.07, 6.45) is 1.67. The molecule has 98 valence electrons.